The van der Waals surface area contributed by atoms with E-state index in [4.69, 9.17) is 9.47 Å². The standard InChI is InChI=1S/C21H18BrN3O3S/c1-2-11-25-20(19-12-27-17-5-3-4-6-18(17)28-19)23-24-21(25)29-13-16(26)14-7-9-15(22)10-8-14/h2-10,19H,1,11-13H2. The highest BCUT2D eigenvalue weighted by Gasteiger charge is 2.28. The Kier molecular flexibility index (Phi) is 6.01. The lowest BCUT2D eigenvalue weighted by Crippen LogP contribution is -2.25. The van der Waals surface area contributed by atoms with Gasteiger partial charge in [-0.05, 0) is 24.3 Å². The molecule has 0 amide bonds. The highest BCUT2D eigenvalue weighted by molar-refractivity contribution is 9.10. The predicted octanol–water partition coefficient (Wildman–Crippen LogP) is 4.71. The maximum atomic E-state index is 12.5. The first-order chi connectivity index (χ1) is 14.2. The second-order valence-corrected chi connectivity index (χ2v) is 8.18. The maximum absolute atomic E-state index is 12.5. The predicted molar refractivity (Wildman–Crippen MR) is 115 cm³/mol. The van der Waals surface area contributed by atoms with Crippen LogP contribution in [-0.4, -0.2) is 32.9 Å². The molecule has 8 heteroatoms. The number of carbonyl (C=O) groups excluding carboxylic acids is 1. The number of carbonyl (C=O) groups is 1. The van der Waals surface area contributed by atoms with Gasteiger partial charge in [0.05, 0.1) is 5.75 Å². The second kappa shape index (κ2) is 8.84. The largest absolute Gasteiger partial charge is 0.485 e. The number of hydrogen-bond donors (Lipinski definition) is 0. The minimum absolute atomic E-state index is 0.0309. The number of rotatable bonds is 7. The first kappa shape index (κ1) is 19.7. The van der Waals surface area contributed by atoms with E-state index in [0.717, 1.165) is 4.47 Å². The van der Waals surface area contributed by atoms with Crippen LogP contribution in [0.2, 0.25) is 0 Å². The van der Waals surface area contributed by atoms with Gasteiger partial charge in [-0.2, -0.15) is 0 Å². The molecule has 6 nitrogen and oxygen atoms in total. The van der Waals surface area contributed by atoms with Gasteiger partial charge in [-0.3, -0.25) is 9.36 Å². The van der Waals surface area contributed by atoms with Crippen LogP contribution in [0.25, 0.3) is 0 Å². The number of ketones is 1. The molecule has 0 spiro atoms. The third-order valence-electron chi connectivity index (χ3n) is 4.35. The molecule has 1 unspecified atom stereocenters. The van der Waals surface area contributed by atoms with E-state index in [1.54, 1.807) is 18.2 Å². The van der Waals surface area contributed by atoms with Gasteiger partial charge in [0.25, 0.3) is 0 Å². The molecular formula is C21H18BrN3O3S. The lowest BCUT2D eigenvalue weighted by molar-refractivity contribution is 0.0821. The Balaban J connectivity index is 1.50. The summed E-state index contributed by atoms with van der Waals surface area (Å²) >= 11 is 4.73. The average molecular weight is 472 g/mol. The summed E-state index contributed by atoms with van der Waals surface area (Å²) in [7, 11) is 0. The van der Waals surface area contributed by atoms with Crippen LogP contribution in [0.1, 0.15) is 22.3 Å². The van der Waals surface area contributed by atoms with Crippen LogP contribution in [0.4, 0.5) is 0 Å². The van der Waals surface area contributed by atoms with E-state index in [1.165, 1.54) is 11.8 Å². The summed E-state index contributed by atoms with van der Waals surface area (Å²) in [6.45, 7) is 4.68. The fourth-order valence-electron chi connectivity index (χ4n) is 2.94. The third kappa shape index (κ3) is 4.38. The average Bonchev–Trinajstić information content (AvgIpc) is 3.15. The molecule has 29 heavy (non-hydrogen) atoms. The van der Waals surface area contributed by atoms with E-state index in [0.29, 0.717) is 41.2 Å². The van der Waals surface area contributed by atoms with Crippen molar-refractivity contribution in [3.63, 3.8) is 0 Å². The fraction of sp³-hybridized carbons (Fsp3) is 0.190. The number of ether oxygens (including phenoxy) is 2. The van der Waals surface area contributed by atoms with Crippen molar-refractivity contribution in [3.05, 3.63) is 77.0 Å². The number of hydrogen-bond acceptors (Lipinski definition) is 6. The van der Waals surface area contributed by atoms with Gasteiger partial charge in [0.1, 0.15) is 6.61 Å². The molecule has 0 fully saturated rings. The summed E-state index contributed by atoms with van der Waals surface area (Å²) in [6.07, 6.45) is 1.39. The number of fused-ring (bicyclic) bond motifs is 1. The Morgan fingerprint density at radius 3 is 2.72 bits per heavy atom. The zero-order chi connectivity index (χ0) is 20.2. The van der Waals surface area contributed by atoms with Crippen LogP contribution in [-0.2, 0) is 6.54 Å². The third-order valence-corrected chi connectivity index (χ3v) is 5.85. The Labute approximate surface area is 181 Å². The van der Waals surface area contributed by atoms with E-state index in [9.17, 15) is 4.79 Å². The highest BCUT2D eigenvalue weighted by atomic mass is 79.9. The Morgan fingerprint density at radius 1 is 1.21 bits per heavy atom. The highest BCUT2D eigenvalue weighted by Crippen LogP contribution is 2.36. The first-order valence-corrected chi connectivity index (χ1v) is 10.8. The molecule has 2 heterocycles. The van der Waals surface area contributed by atoms with Gasteiger partial charge in [0, 0.05) is 16.6 Å². The zero-order valence-corrected chi connectivity index (χ0v) is 17.9. The number of aromatic nitrogens is 3. The number of thioether (sulfide) groups is 1. The molecule has 2 aromatic carbocycles. The quantitative estimate of drug-likeness (QED) is 0.282. The van der Waals surface area contributed by atoms with E-state index in [2.05, 4.69) is 32.7 Å². The van der Waals surface area contributed by atoms with Gasteiger partial charge in [-0.1, -0.05) is 58.0 Å². The lowest BCUT2D eigenvalue weighted by atomic mass is 10.2. The van der Waals surface area contributed by atoms with Crippen molar-refractivity contribution >= 4 is 33.5 Å². The molecule has 0 N–H and O–H groups in total. The minimum atomic E-state index is -0.381. The Bertz CT molecular complexity index is 1040. The van der Waals surface area contributed by atoms with Crippen molar-refractivity contribution in [2.45, 2.75) is 17.8 Å². The van der Waals surface area contributed by atoms with E-state index in [1.807, 2.05) is 41.0 Å². The number of halogens is 1. The number of nitrogens with zero attached hydrogens (tertiary/aromatic N) is 3. The molecule has 1 aliphatic heterocycles. The molecule has 1 atom stereocenters. The summed E-state index contributed by atoms with van der Waals surface area (Å²) in [6, 6.07) is 14.9. The van der Waals surface area contributed by atoms with Crippen LogP contribution in [0, 0.1) is 0 Å². The molecule has 4 rings (SSSR count). The van der Waals surface area contributed by atoms with Crippen molar-refractivity contribution in [2.75, 3.05) is 12.4 Å². The van der Waals surface area contributed by atoms with Crippen LogP contribution < -0.4 is 9.47 Å². The molecule has 3 aromatic rings. The molecular weight excluding hydrogens is 454 g/mol. The lowest BCUT2D eigenvalue weighted by Gasteiger charge is -2.26. The van der Waals surface area contributed by atoms with Crippen LogP contribution >= 0.6 is 27.7 Å². The molecule has 0 aliphatic carbocycles. The molecule has 0 saturated heterocycles. The summed E-state index contributed by atoms with van der Waals surface area (Å²) in [5, 5.41) is 9.24. The van der Waals surface area contributed by atoms with Crippen LogP contribution in [0.3, 0.4) is 0 Å². The molecule has 0 bridgehead atoms. The molecule has 0 saturated carbocycles. The van der Waals surface area contributed by atoms with Gasteiger partial charge < -0.3 is 9.47 Å². The van der Waals surface area contributed by atoms with Crippen molar-refractivity contribution in [1.82, 2.24) is 14.8 Å². The van der Waals surface area contributed by atoms with Crippen molar-refractivity contribution in [3.8, 4) is 11.5 Å². The van der Waals surface area contributed by atoms with Gasteiger partial charge >= 0.3 is 0 Å². The van der Waals surface area contributed by atoms with Gasteiger partial charge in [0.2, 0.25) is 0 Å². The topological polar surface area (TPSA) is 66.2 Å². The van der Waals surface area contributed by atoms with Crippen LogP contribution in [0.15, 0.2) is 70.8 Å². The monoisotopic (exact) mass is 471 g/mol. The van der Waals surface area contributed by atoms with Crippen molar-refractivity contribution < 1.29 is 14.3 Å². The summed E-state index contributed by atoms with van der Waals surface area (Å²) in [5.74, 6) is 2.34. The van der Waals surface area contributed by atoms with Gasteiger partial charge in [-0.15, -0.1) is 16.8 Å². The van der Waals surface area contributed by atoms with E-state index >= 15 is 0 Å². The first-order valence-electron chi connectivity index (χ1n) is 8.99. The number of benzene rings is 2. The summed E-state index contributed by atoms with van der Waals surface area (Å²) in [5.41, 5.74) is 0.663. The molecule has 0 radical (unpaired) electrons. The summed E-state index contributed by atoms with van der Waals surface area (Å²) < 4.78 is 14.7. The molecule has 1 aromatic heterocycles. The number of Topliss-reactive ketones (excluding diaryl/α,β-unsaturated/α-hetero) is 1. The van der Waals surface area contributed by atoms with Crippen molar-refractivity contribution in [1.29, 1.82) is 0 Å². The molecule has 1 aliphatic rings. The van der Waals surface area contributed by atoms with Gasteiger partial charge in [0.15, 0.2) is 34.4 Å². The minimum Gasteiger partial charge on any atom is -0.485 e. The van der Waals surface area contributed by atoms with Crippen molar-refractivity contribution in [2.24, 2.45) is 0 Å². The maximum Gasteiger partial charge on any atom is 0.192 e. The number of allylic oxidation sites excluding steroid dienone is 1. The number of para-hydroxylation sites is 2. The Morgan fingerprint density at radius 2 is 1.97 bits per heavy atom. The SMILES string of the molecule is C=CCn1c(SCC(=O)c2ccc(Br)cc2)nnc1C1COc2ccccc2O1. The summed E-state index contributed by atoms with van der Waals surface area (Å²) in [4.78, 5) is 12.5. The van der Waals surface area contributed by atoms with E-state index in [-0.39, 0.29) is 17.6 Å². The zero-order valence-electron chi connectivity index (χ0n) is 15.5. The molecule has 148 valence electrons. The van der Waals surface area contributed by atoms with E-state index < -0.39 is 0 Å². The van der Waals surface area contributed by atoms with Crippen LogP contribution in [0.5, 0.6) is 11.5 Å². The normalized spacial score (nSPS) is 15.1. The van der Waals surface area contributed by atoms with Gasteiger partial charge in [-0.25, -0.2) is 0 Å². The smallest absolute Gasteiger partial charge is 0.192 e. The fourth-order valence-corrected chi connectivity index (χ4v) is 4.06. The second-order valence-electron chi connectivity index (χ2n) is 6.32. The Hall–Kier alpha value is -2.58.